The molecule has 1 aromatic heterocycles. The van der Waals surface area contributed by atoms with Crippen LogP contribution in [-0.4, -0.2) is 48.8 Å². The first-order valence-corrected chi connectivity index (χ1v) is 12.9. The minimum absolute atomic E-state index is 0.0820. The Kier molecular flexibility index (Phi) is 4.79. The summed E-state index contributed by atoms with van der Waals surface area (Å²) in [7, 11) is 0.0581. The lowest BCUT2D eigenvalue weighted by Crippen LogP contribution is -2.31. The molecule has 6 rings (SSSR count). The van der Waals surface area contributed by atoms with Gasteiger partial charge in [0.05, 0.1) is 6.20 Å². The zero-order valence-corrected chi connectivity index (χ0v) is 19.8. The van der Waals surface area contributed by atoms with E-state index in [1.165, 1.54) is 23.1 Å². The summed E-state index contributed by atoms with van der Waals surface area (Å²) in [6.45, 7) is 0.0840. The average molecular weight is 485 g/mol. The van der Waals surface area contributed by atoms with Gasteiger partial charge in [0.2, 0.25) is 10.0 Å². The summed E-state index contributed by atoms with van der Waals surface area (Å²) in [5.41, 5.74) is 3.70. The molecule has 1 saturated carbocycles. The molecule has 0 radical (unpaired) electrons. The number of hydrogen-bond donors (Lipinski definition) is 1. The molecular weight excluding hydrogens is 458 g/mol. The number of benzene rings is 2. The number of likely N-dealkylation sites (N-methyl/N-ethyl adjacent to an activating group) is 1. The molecule has 3 aliphatic rings. The van der Waals surface area contributed by atoms with Crippen LogP contribution in [0.1, 0.15) is 28.2 Å². The van der Waals surface area contributed by atoms with E-state index in [9.17, 15) is 12.8 Å². The molecule has 0 bridgehead atoms. The van der Waals surface area contributed by atoms with Crippen molar-refractivity contribution in [1.29, 1.82) is 0 Å². The molecule has 9 heteroatoms. The number of rotatable bonds is 7. The fraction of sp³-hybridized carbons (Fsp3) is 0.400. The van der Waals surface area contributed by atoms with Crippen LogP contribution >= 0.6 is 0 Å². The molecule has 2 aromatic carbocycles. The first kappa shape index (κ1) is 21.9. The molecule has 2 aliphatic carbocycles. The number of fused-ring (bicyclic) bond motifs is 4. The zero-order valence-electron chi connectivity index (χ0n) is 19.0. The van der Waals surface area contributed by atoms with Crippen molar-refractivity contribution in [2.24, 2.45) is 12.5 Å². The summed E-state index contributed by atoms with van der Waals surface area (Å²) in [6, 6.07) is 11.3. The van der Waals surface area contributed by atoms with Crippen molar-refractivity contribution in [3.05, 3.63) is 82.7 Å². The molecule has 1 N–H and O–H groups in total. The van der Waals surface area contributed by atoms with Gasteiger partial charge in [0.15, 0.2) is 0 Å². The Labute approximate surface area is 197 Å². The molecule has 3 unspecified atom stereocenters. The first-order chi connectivity index (χ1) is 16.2. The van der Waals surface area contributed by atoms with Gasteiger partial charge >= 0.3 is 0 Å². The smallest absolute Gasteiger partial charge is 0.243 e. The summed E-state index contributed by atoms with van der Waals surface area (Å²) in [6.07, 6.45) is 4.50. The molecule has 6 nitrogen and oxygen atoms in total. The molecule has 2 fully saturated rings. The Morgan fingerprint density at radius 2 is 1.97 bits per heavy atom. The minimum Gasteiger partial charge on any atom is -0.296 e. The van der Waals surface area contributed by atoms with Gasteiger partial charge in [-0.25, -0.2) is 21.9 Å². The number of nitrogens with zero attached hydrogens (tertiary/aromatic N) is 3. The summed E-state index contributed by atoms with van der Waals surface area (Å²) < 4.78 is 57.7. The van der Waals surface area contributed by atoms with E-state index in [4.69, 9.17) is 0 Å². The normalized spacial score (nSPS) is 28.7. The van der Waals surface area contributed by atoms with E-state index in [0.29, 0.717) is 24.1 Å². The van der Waals surface area contributed by atoms with Crippen LogP contribution in [0.2, 0.25) is 0 Å². The number of aryl methyl sites for hydroxylation is 1. The SMILES string of the molecule is CN1C2C1C21Cc2cc(F)c(CCNS(=O)(=O)c3cnn(C)c3)cc2C1Cc1cccc(F)c1. The fourth-order valence-corrected chi connectivity index (χ4v) is 7.30. The zero-order chi connectivity index (χ0) is 23.8. The van der Waals surface area contributed by atoms with Gasteiger partial charge in [0, 0.05) is 37.3 Å². The molecule has 1 saturated heterocycles. The second-order valence-corrected chi connectivity index (χ2v) is 11.6. The van der Waals surface area contributed by atoms with E-state index < -0.39 is 10.0 Å². The van der Waals surface area contributed by atoms with Gasteiger partial charge in [-0.1, -0.05) is 18.2 Å². The minimum atomic E-state index is -3.70. The van der Waals surface area contributed by atoms with Crippen LogP contribution in [0.3, 0.4) is 0 Å². The Hall–Kier alpha value is -2.62. The standard InChI is InChI=1S/C25H26F2N4O2S/c1-30-14-19(13-28-30)34(32,33)29-7-6-16-10-20-17(11-22(16)27)12-25(23-24(25)31(23)2)21(20)9-15-4-3-5-18(26)8-15/h3-5,8,10-11,13-14,21,23-24,29H,6-7,9,12H2,1-2H3. The fourth-order valence-electron chi connectivity index (χ4n) is 6.29. The molecule has 1 spiro atoms. The highest BCUT2D eigenvalue weighted by molar-refractivity contribution is 7.89. The Morgan fingerprint density at radius 3 is 2.65 bits per heavy atom. The quantitative estimate of drug-likeness (QED) is 0.524. The molecule has 1 aliphatic heterocycles. The number of likely N-dealkylation sites (tertiary alicyclic amines) is 1. The third-order valence-corrected chi connectivity index (χ3v) is 9.33. The summed E-state index contributed by atoms with van der Waals surface area (Å²) in [4.78, 5) is 2.42. The van der Waals surface area contributed by atoms with E-state index >= 15 is 4.39 Å². The van der Waals surface area contributed by atoms with Crippen LogP contribution in [0.5, 0.6) is 0 Å². The van der Waals surface area contributed by atoms with Crippen molar-refractivity contribution in [2.45, 2.75) is 42.2 Å². The van der Waals surface area contributed by atoms with E-state index in [-0.39, 0.29) is 40.8 Å². The third-order valence-electron chi connectivity index (χ3n) is 7.91. The second-order valence-electron chi connectivity index (χ2n) is 9.87. The largest absolute Gasteiger partial charge is 0.296 e. The Morgan fingerprint density at radius 1 is 1.18 bits per heavy atom. The molecule has 3 aromatic rings. The van der Waals surface area contributed by atoms with Crippen molar-refractivity contribution in [3.8, 4) is 0 Å². The van der Waals surface area contributed by atoms with Crippen LogP contribution in [0, 0.1) is 17.0 Å². The maximum absolute atomic E-state index is 15.0. The van der Waals surface area contributed by atoms with Crippen LogP contribution in [0.15, 0.2) is 53.7 Å². The number of halogens is 2. The first-order valence-electron chi connectivity index (χ1n) is 11.5. The highest BCUT2D eigenvalue weighted by Gasteiger charge is 2.84. The van der Waals surface area contributed by atoms with Crippen molar-refractivity contribution in [1.82, 2.24) is 19.4 Å². The van der Waals surface area contributed by atoms with Gasteiger partial charge in [0.25, 0.3) is 0 Å². The molecular formula is C25H26F2N4O2S. The topological polar surface area (TPSA) is 67.0 Å². The predicted molar refractivity (Wildman–Crippen MR) is 123 cm³/mol. The van der Waals surface area contributed by atoms with Crippen LogP contribution in [-0.2, 0) is 36.3 Å². The van der Waals surface area contributed by atoms with Crippen LogP contribution in [0.25, 0.3) is 0 Å². The second kappa shape index (κ2) is 7.44. The van der Waals surface area contributed by atoms with Crippen molar-refractivity contribution >= 4 is 10.0 Å². The lowest BCUT2D eigenvalue weighted by molar-refractivity contribution is 0.226. The lowest BCUT2D eigenvalue weighted by Gasteiger charge is -2.29. The van der Waals surface area contributed by atoms with Gasteiger partial charge in [-0.15, -0.1) is 0 Å². The van der Waals surface area contributed by atoms with Crippen molar-refractivity contribution in [3.63, 3.8) is 0 Å². The highest BCUT2D eigenvalue weighted by Crippen LogP contribution is 2.76. The van der Waals surface area contributed by atoms with Gasteiger partial charge in [-0.3, -0.25) is 9.58 Å². The van der Waals surface area contributed by atoms with E-state index in [1.807, 2.05) is 12.1 Å². The molecule has 2 heterocycles. The number of sulfonamides is 1. The Balaban J connectivity index is 1.24. The number of nitrogens with one attached hydrogen (secondary N) is 1. The highest BCUT2D eigenvalue weighted by atomic mass is 32.2. The monoisotopic (exact) mass is 484 g/mol. The molecule has 3 atom stereocenters. The molecule has 178 valence electrons. The van der Waals surface area contributed by atoms with Crippen molar-refractivity contribution < 1.29 is 17.2 Å². The molecule has 0 amide bonds. The predicted octanol–water partition coefficient (Wildman–Crippen LogP) is 2.78. The number of aromatic nitrogens is 2. The van der Waals surface area contributed by atoms with E-state index in [2.05, 4.69) is 21.8 Å². The maximum Gasteiger partial charge on any atom is 0.243 e. The molecule has 34 heavy (non-hydrogen) atoms. The summed E-state index contributed by atoms with van der Waals surface area (Å²) in [5.74, 6) is -0.353. The van der Waals surface area contributed by atoms with Gasteiger partial charge in [-0.05, 0) is 72.7 Å². The summed E-state index contributed by atoms with van der Waals surface area (Å²) >= 11 is 0. The summed E-state index contributed by atoms with van der Waals surface area (Å²) in [5, 5.41) is 3.90. The Bertz CT molecular complexity index is 1390. The van der Waals surface area contributed by atoms with Gasteiger partial charge < -0.3 is 0 Å². The number of hydrogen-bond acceptors (Lipinski definition) is 4. The van der Waals surface area contributed by atoms with E-state index in [0.717, 1.165) is 23.1 Å². The van der Waals surface area contributed by atoms with E-state index in [1.54, 1.807) is 25.2 Å². The van der Waals surface area contributed by atoms with Crippen molar-refractivity contribution in [2.75, 3.05) is 13.6 Å². The van der Waals surface area contributed by atoms with Gasteiger partial charge in [0.1, 0.15) is 16.5 Å². The van der Waals surface area contributed by atoms with Crippen LogP contribution in [0.4, 0.5) is 8.78 Å². The van der Waals surface area contributed by atoms with Gasteiger partial charge in [-0.2, -0.15) is 5.10 Å². The average Bonchev–Trinajstić information content (AvgIpc) is 3.53. The maximum atomic E-state index is 15.0. The third kappa shape index (κ3) is 3.32. The van der Waals surface area contributed by atoms with Crippen LogP contribution < -0.4 is 4.72 Å². The lowest BCUT2D eigenvalue weighted by atomic mass is 9.81.